The topological polar surface area (TPSA) is 55.8 Å². The minimum Gasteiger partial charge on any atom is -0.508 e. The van der Waals surface area contributed by atoms with Gasteiger partial charge in [0.25, 0.3) is 0 Å². The Morgan fingerprint density at radius 2 is 1.69 bits per heavy atom. The van der Waals surface area contributed by atoms with E-state index in [9.17, 15) is 27.5 Å². The third-order valence-electron chi connectivity index (χ3n) is 5.14. The molecule has 9 heteroatoms. The summed E-state index contributed by atoms with van der Waals surface area (Å²) < 4.78 is 63.9. The fourth-order valence-electron chi connectivity index (χ4n) is 3.58. The van der Waals surface area contributed by atoms with Crippen LogP contribution in [0.3, 0.4) is 0 Å². The average Bonchev–Trinajstić information content (AvgIpc) is 2.67. The van der Waals surface area contributed by atoms with Crippen LogP contribution in [-0.2, 0) is 22.1 Å². The quantitative estimate of drug-likeness (QED) is 0.463. The maximum absolute atomic E-state index is 13.6. The van der Waals surface area contributed by atoms with Gasteiger partial charge in [0.2, 0.25) is 0 Å². The Morgan fingerprint density at radius 3 is 2.28 bits per heavy atom. The minimum atomic E-state index is -4.88. The molecule has 32 heavy (non-hydrogen) atoms. The van der Waals surface area contributed by atoms with Crippen LogP contribution in [0.2, 0.25) is 0 Å². The van der Waals surface area contributed by atoms with Gasteiger partial charge in [-0.05, 0) is 68.7 Å². The number of alkyl halides is 3. The van der Waals surface area contributed by atoms with Gasteiger partial charge < -0.3 is 14.6 Å². The molecule has 1 N–H and O–H groups in total. The van der Waals surface area contributed by atoms with Crippen LogP contribution in [0.15, 0.2) is 42.2 Å². The highest BCUT2D eigenvalue weighted by Crippen LogP contribution is 2.41. The number of ether oxygens (including phenoxy) is 2. The fraction of sp³-hybridized carbons (Fsp3) is 0.348. The van der Waals surface area contributed by atoms with Crippen molar-refractivity contribution in [2.45, 2.75) is 51.1 Å². The number of Topliss-reactive ketones (excluding diaryl/α,β-unsaturated/α-hetero) is 1. The highest BCUT2D eigenvalue weighted by atomic mass is 28.1. The molecular weight excluding hydrogens is 444 g/mol. The van der Waals surface area contributed by atoms with Crippen LogP contribution in [0.5, 0.6) is 11.5 Å². The van der Waals surface area contributed by atoms with Gasteiger partial charge in [0.1, 0.15) is 33.9 Å². The van der Waals surface area contributed by atoms with Crippen molar-refractivity contribution in [3.63, 3.8) is 0 Å². The minimum absolute atomic E-state index is 0.0242. The van der Waals surface area contributed by atoms with E-state index in [1.165, 1.54) is 19.1 Å². The molecule has 2 aromatic carbocycles. The van der Waals surface area contributed by atoms with E-state index in [4.69, 9.17) is 9.47 Å². The van der Waals surface area contributed by atoms with Gasteiger partial charge in [-0.25, -0.2) is 4.39 Å². The molecule has 1 aliphatic heterocycles. The van der Waals surface area contributed by atoms with Gasteiger partial charge in [-0.3, -0.25) is 4.79 Å². The van der Waals surface area contributed by atoms with Crippen molar-refractivity contribution < 1.29 is 36.9 Å². The Kier molecular flexibility index (Phi) is 6.03. The first-order chi connectivity index (χ1) is 14.7. The summed E-state index contributed by atoms with van der Waals surface area (Å²) in [5.41, 5.74) is -1.53. The van der Waals surface area contributed by atoms with Gasteiger partial charge in [-0.2, -0.15) is 13.2 Å². The van der Waals surface area contributed by atoms with Crippen LogP contribution in [0.4, 0.5) is 17.6 Å². The van der Waals surface area contributed by atoms with Crippen molar-refractivity contribution in [3.05, 3.63) is 64.7 Å². The Balaban J connectivity index is 2.11. The smallest absolute Gasteiger partial charge is 0.419 e. The van der Waals surface area contributed by atoms with E-state index < -0.39 is 34.2 Å². The number of hydrogen-bond donors (Lipinski definition) is 1. The summed E-state index contributed by atoms with van der Waals surface area (Å²) in [6.45, 7) is 6.59. The molecule has 4 nitrogen and oxygen atoms in total. The zero-order valence-electron chi connectivity index (χ0n) is 17.9. The van der Waals surface area contributed by atoms with Crippen LogP contribution in [0.25, 0.3) is 5.57 Å². The fourth-order valence-corrected chi connectivity index (χ4v) is 3.96. The number of aliphatic hydroxyl groups excluding tert-OH is 1. The molecule has 3 radical (unpaired) electrons. The summed E-state index contributed by atoms with van der Waals surface area (Å²) in [6.07, 6.45) is -4.37. The van der Waals surface area contributed by atoms with Crippen molar-refractivity contribution >= 4 is 21.6 Å². The number of halogens is 4. The molecule has 0 aliphatic carbocycles. The number of hydrogen-bond acceptors (Lipinski definition) is 4. The van der Waals surface area contributed by atoms with E-state index in [1.807, 2.05) is 6.92 Å². The lowest BCUT2D eigenvalue weighted by atomic mass is 9.85. The van der Waals surface area contributed by atoms with Crippen molar-refractivity contribution in [1.29, 1.82) is 0 Å². The zero-order valence-corrected chi connectivity index (χ0v) is 18.9. The molecule has 0 saturated carbocycles. The summed E-state index contributed by atoms with van der Waals surface area (Å²) >= 11 is 0. The monoisotopic (exact) mass is 465 g/mol. The SMILES string of the molecule is CCc1ccc(Oc2ccc(F)c(C(F)(F)F)c2)cc1C1=C(O)C(C)(C)OC(C)([Si])C1=O. The average molecular weight is 465 g/mol. The predicted molar refractivity (Wildman–Crippen MR) is 111 cm³/mol. The standard InChI is InChI=1S/C23H21F4O4Si/c1-5-12-6-7-13(30-14-8-9-17(24)16(11-14)23(25,26)27)10-15(12)18-19(28)21(2,3)31-22(4,32)20(18)29/h6-11,28H,5H2,1-4H3. The lowest BCUT2D eigenvalue weighted by molar-refractivity contribution is -0.144. The molecule has 1 atom stereocenters. The largest absolute Gasteiger partial charge is 0.508 e. The van der Waals surface area contributed by atoms with Crippen molar-refractivity contribution in [1.82, 2.24) is 0 Å². The third-order valence-corrected chi connectivity index (χ3v) is 5.47. The van der Waals surface area contributed by atoms with Gasteiger partial charge in [0.15, 0.2) is 5.78 Å². The Labute approximate surface area is 186 Å². The maximum Gasteiger partial charge on any atom is 0.419 e. The Hall–Kier alpha value is -2.65. The highest BCUT2D eigenvalue weighted by Gasteiger charge is 2.47. The molecule has 0 spiro atoms. The number of aryl methyl sites for hydroxylation is 1. The molecule has 3 rings (SSSR count). The Bertz CT molecular complexity index is 1100. The second kappa shape index (κ2) is 8.04. The molecule has 1 heterocycles. The lowest BCUT2D eigenvalue weighted by Gasteiger charge is -2.41. The normalized spacial score (nSPS) is 21.1. The van der Waals surface area contributed by atoms with Gasteiger partial charge in [-0.15, -0.1) is 0 Å². The van der Waals surface area contributed by atoms with Gasteiger partial charge in [0.05, 0.1) is 21.4 Å². The molecule has 169 valence electrons. The van der Waals surface area contributed by atoms with Crippen molar-refractivity contribution in [2.24, 2.45) is 0 Å². The van der Waals surface area contributed by atoms with E-state index in [-0.39, 0.29) is 22.8 Å². The summed E-state index contributed by atoms with van der Waals surface area (Å²) in [5.74, 6) is -2.31. The van der Waals surface area contributed by atoms with Gasteiger partial charge in [0, 0.05) is 0 Å². The zero-order chi connectivity index (χ0) is 24.1. The van der Waals surface area contributed by atoms with E-state index in [0.717, 1.165) is 6.07 Å². The Morgan fingerprint density at radius 1 is 1.09 bits per heavy atom. The highest BCUT2D eigenvalue weighted by molar-refractivity contribution is 6.40. The molecule has 1 aliphatic rings. The number of benzene rings is 2. The summed E-state index contributed by atoms with van der Waals surface area (Å²) in [5, 5.41) is 9.42. The van der Waals surface area contributed by atoms with Gasteiger partial charge in [-0.1, -0.05) is 13.0 Å². The van der Waals surface area contributed by atoms with E-state index in [0.29, 0.717) is 29.7 Å². The van der Waals surface area contributed by atoms with Crippen LogP contribution in [0.1, 0.15) is 44.4 Å². The first kappa shape index (κ1) is 24.0. The number of aliphatic hydroxyl groups is 1. The van der Waals surface area contributed by atoms with Crippen LogP contribution in [-0.4, -0.2) is 32.0 Å². The number of rotatable bonds is 4. The third kappa shape index (κ3) is 4.45. The molecule has 0 saturated heterocycles. The van der Waals surface area contributed by atoms with E-state index >= 15 is 0 Å². The maximum atomic E-state index is 13.6. The number of ketones is 1. The number of carbonyl (C=O) groups excluding carboxylic acids is 1. The predicted octanol–water partition coefficient (Wildman–Crippen LogP) is 5.73. The molecule has 0 bridgehead atoms. The molecule has 1 unspecified atom stereocenters. The molecular formula is C23H21F4O4Si. The molecule has 2 aromatic rings. The summed E-state index contributed by atoms with van der Waals surface area (Å²) in [6, 6.07) is 6.96. The summed E-state index contributed by atoms with van der Waals surface area (Å²) in [4.78, 5) is 13.1. The van der Waals surface area contributed by atoms with Crippen molar-refractivity contribution in [2.75, 3.05) is 0 Å². The van der Waals surface area contributed by atoms with Crippen LogP contribution < -0.4 is 4.74 Å². The molecule has 0 fully saturated rings. The first-order valence-electron chi connectivity index (χ1n) is 9.79. The summed E-state index contributed by atoms with van der Waals surface area (Å²) in [7, 11) is 3.32. The second-order valence-electron chi connectivity index (χ2n) is 8.11. The van der Waals surface area contributed by atoms with Gasteiger partial charge >= 0.3 is 6.18 Å². The second-order valence-corrected chi connectivity index (χ2v) is 9.07. The van der Waals surface area contributed by atoms with Crippen LogP contribution in [0, 0.1) is 5.82 Å². The molecule has 0 amide bonds. The van der Waals surface area contributed by atoms with Crippen molar-refractivity contribution in [3.8, 4) is 11.5 Å². The van der Waals surface area contributed by atoms with Crippen LogP contribution >= 0.6 is 0 Å². The lowest BCUT2D eigenvalue weighted by Crippen LogP contribution is -2.51. The number of carbonyl (C=O) groups is 1. The molecule has 0 aromatic heterocycles. The first-order valence-corrected chi connectivity index (χ1v) is 10.3. The van der Waals surface area contributed by atoms with E-state index in [2.05, 4.69) is 10.2 Å². The van der Waals surface area contributed by atoms with E-state index in [1.54, 1.807) is 19.9 Å².